The number of anilines is 1. The zero-order chi connectivity index (χ0) is 14.7. The highest BCUT2D eigenvalue weighted by Gasteiger charge is 2.14. The Bertz CT molecular complexity index is 641. The van der Waals surface area contributed by atoms with Crippen molar-refractivity contribution in [2.45, 2.75) is 6.42 Å². The Morgan fingerprint density at radius 1 is 1.40 bits per heavy atom. The van der Waals surface area contributed by atoms with Gasteiger partial charge in [-0.1, -0.05) is 0 Å². The predicted octanol–water partition coefficient (Wildman–Crippen LogP) is 0.648. The van der Waals surface area contributed by atoms with Crippen LogP contribution in [0.1, 0.15) is 16.2 Å². The summed E-state index contributed by atoms with van der Waals surface area (Å²) in [4.78, 5) is 15.8. The summed E-state index contributed by atoms with van der Waals surface area (Å²) in [5.41, 5.74) is 5.27. The Labute approximate surface area is 113 Å². The van der Waals surface area contributed by atoms with Gasteiger partial charge in [-0.2, -0.15) is 5.10 Å². The Kier molecular flexibility index (Phi) is 3.92. The van der Waals surface area contributed by atoms with Gasteiger partial charge in [0.25, 0.3) is 5.91 Å². The Balaban J connectivity index is 1.97. The summed E-state index contributed by atoms with van der Waals surface area (Å²) in [6.45, 7) is 0.265. The maximum atomic E-state index is 13.1. The molecule has 2 rings (SSSR count). The molecule has 0 radical (unpaired) electrons. The summed E-state index contributed by atoms with van der Waals surface area (Å²) >= 11 is 0. The Morgan fingerprint density at radius 3 is 2.75 bits per heavy atom. The molecule has 0 aliphatic heterocycles. The van der Waals surface area contributed by atoms with Crippen molar-refractivity contribution in [1.82, 2.24) is 20.1 Å². The zero-order valence-electron chi connectivity index (χ0n) is 10.7. The van der Waals surface area contributed by atoms with E-state index in [0.717, 1.165) is 12.1 Å². The van der Waals surface area contributed by atoms with Crippen LogP contribution in [0.25, 0.3) is 0 Å². The lowest BCUT2D eigenvalue weighted by Crippen LogP contribution is -2.27. The first-order chi connectivity index (χ1) is 9.47. The van der Waals surface area contributed by atoms with E-state index in [4.69, 9.17) is 5.73 Å². The first-order valence-electron chi connectivity index (χ1n) is 5.84. The van der Waals surface area contributed by atoms with Crippen LogP contribution in [0.3, 0.4) is 0 Å². The molecule has 0 spiro atoms. The first-order valence-corrected chi connectivity index (χ1v) is 5.84. The van der Waals surface area contributed by atoms with Gasteiger partial charge < -0.3 is 11.1 Å². The number of aryl methyl sites for hydroxylation is 1. The molecule has 0 aliphatic carbocycles. The summed E-state index contributed by atoms with van der Waals surface area (Å²) in [5, 5.41) is 6.59. The van der Waals surface area contributed by atoms with E-state index in [-0.39, 0.29) is 17.8 Å². The molecule has 0 saturated carbocycles. The summed E-state index contributed by atoms with van der Waals surface area (Å²) in [5.74, 6) is -2.20. The fourth-order valence-corrected chi connectivity index (χ4v) is 1.64. The van der Waals surface area contributed by atoms with Crippen LogP contribution in [-0.4, -0.2) is 27.2 Å². The lowest BCUT2D eigenvalue weighted by Gasteiger charge is -2.07. The third kappa shape index (κ3) is 3.08. The van der Waals surface area contributed by atoms with Gasteiger partial charge in [0, 0.05) is 31.8 Å². The minimum absolute atomic E-state index is 0.0992. The SMILES string of the molecule is Cn1cnc(CCNC(=O)c2cc(F)c(F)cc2N)n1. The predicted molar refractivity (Wildman–Crippen MR) is 67.8 cm³/mol. The molecule has 1 aromatic heterocycles. The second-order valence-electron chi connectivity index (χ2n) is 4.19. The van der Waals surface area contributed by atoms with Crippen molar-refractivity contribution >= 4 is 11.6 Å². The van der Waals surface area contributed by atoms with Crippen molar-refractivity contribution in [3.05, 3.63) is 41.5 Å². The topological polar surface area (TPSA) is 85.8 Å². The van der Waals surface area contributed by atoms with E-state index in [2.05, 4.69) is 15.4 Å². The number of amides is 1. The molecular formula is C12H13F2N5O. The number of carbonyl (C=O) groups is 1. The van der Waals surface area contributed by atoms with E-state index in [0.29, 0.717) is 12.2 Å². The summed E-state index contributed by atoms with van der Waals surface area (Å²) < 4.78 is 27.5. The van der Waals surface area contributed by atoms with Crippen LogP contribution in [0.4, 0.5) is 14.5 Å². The minimum Gasteiger partial charge on any atom is -0.398 e. The minimum atomic E-state index is -1.12. The van der Waals surface area contributed by atoms with Crippen LogP contribution in [0.5, 0.6) is 0 Å². The third-order valence-corrected chi connectivity index (χ3v) is 2.62. The fraction of sp³-hybridized carbons (Fsp3) is 0.250. The number of halogens is 2. The monoisotopic (exact) mass is 281 g/mol. The van der Waals surface area contributed by atoms with Crippen molar-refractivity contribution in [2.75, 3.05) is 12.3 Å². The third-order valence-electron chi connectivity index (χ3n) is 2.62. The Hall–Kier alpha value is -2.51. The number of carbonyl (C=O) groups excluding carboxylic acids is 1. The van der Waals surface area contributed by atoms with Crippen molar-refractivity contribution in [1.29, 1.82) is 0 Å². The average molecular weight is 281 g/mol. The molecule has 0 unspecified atom stereocenters. The van der Waals surface area contributed by atoms with E-state index < -0.39 is 17.5 Å². The maximum Gasteiger partial charge on any atom is 0.253 e. The quantitative estimate of drug-likeness (QED) is 0.806. The summed E-state index contributed by atoms with van der Waals surface area (Å²) in [6, 6.07) is 1.56. The largest absolute Gasteiger partial charge is 0.398 e. The standard InChI is InChI=1S/C12H13F2N5O/c1-19-6-17-11(18-19)2-3-16-12(20)7-4-8(13)9(14)5-10(7)15/h4-6H,2-3,15H2,1H3,(H,16,20). The van der Waals surface area contributed by atoms with Crippen LogP contribution in [-0.2, 0) is 13.5 Å². The average Bonchev–Trinajstić information content (AvgIpc) is 2.79. The fourth-order valence-electron chi connectivity index (χ4n) is 1.64. The number of nitrogens with zero attached hydrogens (tertiary/aromatic N) is 3. The number of nitrogens with two attached hydrogens (primary N) is 1. The molecule has 8 heteroatoms. The molecule has 0 atom stereocenters. The van der Waals surface area contributed by atoms with E-state index in [9.17, 15) is 13.6 Å². The lowest BCUT2D eigenvalue weighted by molar-refractivity contribution is 0.0954. The molecule has 1 amide bonds. The molecule has 1 aromatic carbocycles. The lowest BCUT2D eigenvalue weighted by atomic mass is 10.1. The molecular weight excluding hydrogens is 268 g/mol. The highest BCUT2D eigenvalue weighted by Crippen LogP contribution is 2.16. The van der Waals surface area contributed by atoms with Crippen LogP contribution < -0.4 is 11.1 Å². The second-order valence-corrected chi connectivity index (χ2v) is 4.19. The molecule has 0 aliphatic rings. The molecule has 6 nitrogen and oxygen atoms in total. The van der Waals surface area contributed by atoms with Crippen LogP contribution in [0, 0.1) is 11.6 Å². The molecule has 20 heavy (non-hydrogen) atoms. The molecule has 1 heterocycles. The summed E-state index contributed by atoms with van der Waals surface area (Å²) in [6.07, 6.45) is 1.97. The van der Waals surface area contributed by atoms with Gasteiger partial charge in [0.2, 0.25) is 0 Å². The molecule has 0 saturated heterocycles. The molecule has 3 N–H and O–H groups in total. The highest BCUT2D eigenvalue weighted by molar-refractivity contribution is 5.99. The van der Waals surface area contributed by atoms with Crippen LogP contribution in [0.15, 0.2) is 18.5 Å². The second kappa shape index (κ2) is 5.64. The Morgan fingerprint density at radius 2 is 2.10 bits per heavy atom. The van der Waals surface area contributed by atoms with Crippen molar-refractivity contribution in [3.8, 4) is 0 Å². The number of nitrogens with one attached hydrogen (secondary N) is 1. The number of hydrogen-bond acceptors (Lipinski definition) is 4. The number of aromatic nitrogens is 3. The van der Waals surface area contributed by atoms with Gasteiger partial charge in [-0.3, -0.25) is 9.48 Å². The van der Waals surface area contributed by atoms with Crippen LogP contribution >= 0.6 is 0 Å². The van der Waals surface area contributed by atoms with Gasteiger partial charge in [0.15, 0.2) is 17.5 Å². The van der Waals surface area contributed by atoms with E-state index in [1.165, 1.54) is 0 Å². The molecule has 0 bridgehead atoms. The zero-order valence-corrected chi connectivity index (χ0v) is 10.7. The molecule has 2 aromatic rings. The van der Waals surface area contributed by atoms with Crippen molar-refractivity contribution in [2.24, 2.45) is 7.05 Å². The highest BCUT2D eigenvalue weighted by atomic mass is 19.2. The van der Waals surface area contributed by atoms with Crippen LogP contribution in [0.2, 0.25) is 0 Å². The van der Waals surface area contributed by atoms with Gasteiger partial charge in [-0.25, -0.2) is 13.8 Å². The van der Waals surface area contributed by atoms with Crippen molar-refractivity contribution in [3.63, 3.8) is 0 Å². The van der Waals surface area contributed by atoms with Gasteiger partial charge in [0.05, 0.1) is 5.56 Å². The number of rotatable bonds is 4. The van der Waals surface area contributed by atoms with Crippen molar-refractivity contribution < 1.29 is 13.6 Å². The van der Waals surface area contributed by atoms with Gasteiger partial charge in [-0.15, -0.1) is 0 Å². The van der Waals surface area contributed by atoms with Gasteiger partial charge >= 0.3 is 0 Å². The van der Waals surface area contributed by atoms with Gasteiger partial charge in [0.1, 0.15) is 6.33 Å². The first kappa shape index (κ1) is 13.9. The number of benzene rings is 1. The van der Waals surface area contributed by atoms with Gasteiger partial charge in [-0.05, 0) is 6.07 Å². The summed E-state index contributed by atoms with van der Waals surface area (Å²) in [7, 11) is 1.73. The van der Waals surface area contributed by atoms with E-state index in [1.54, 1.807) is 18.1 Å². The number of hydrogen-bond donors (Lipinski definition) is 2. The molecule has 0 fully saturated rings. The normalized spacial score (nSPS) is 10.6. The molecule has 106 valence electrons. The number of nitrogen functional groups attached to an aromatic ring is 1. The smallest absolute Gasteiger partial charge is 0.253 e. The van der Waals surface area contributed by atoms with E-state index in [1.807, 2.05) is 0 Å². The maximum absolute atomic E-state index is 13.1. The van der Waals surface area contributed by atoms with E-state index >= 15 is 0 Å².